The van der Waals surface area contributed by atoms with Gasteiger partial charge in [0.1, 0.15) is 5.82 Å². The van der Waals surface area contributed by atoms with Gasteiger partial charge in [0, 0.05) is 29.8 Å². The summed E-state index contributed by atoms with van der Waals surface area (Å²) in [6, 6.07) is 13.6. The quantitative estimate of drug-likeness (QED) is 0.464. The molecule has 1 aliphatic rings. The van der Waals surface area contributed by atoms with Gasteiger partial charge in [-0.15, -0.1) is 0 Å². The van der Waals surface area contributed by atoms with E-state index in [1.54, 1.807) is 35.0 Å². The van der Waals surface area contributed by atoms with E-state index < -0.39 is 0 Å². The van der Waals surface area contributed by atoms with Crippen molar-refractivity contribution in [3.05, 3.63) is 94.2 Å². The molecule has 7 heteroatoms. The Balaban J connectivity index is 1.51. The second-order valence-corrected chi connectivity index (χ2v) is 7.60. The van der Waals surface area contributed by atoms with E-state index in [2.05, 4.69) is 22.6 Å². The molecular formula is C23H24FN4O2-. The van der Waals surface area contributed by atoms with Crippen molar-refractivity contribution in [1.29, 1.82) is 0 Å². The topological polar surface area (TPSA) is 76.4 Å². The second kappa shape index (κ2) is 8.39. The van der Waals surface area contributed by atoms with E-state index >= 15 is 0 Å². The average Bonchev–Trinajstić information content (AvgIpc) is 3.31. The molecule has 6 nitrogen and oxygen atoms in total. The Morgan fingerprint density at radius 1 is 1.17 bits per heavy atom. The number of halogens is 1. The first-order valence-corrected chi connectivity index (χ1v) is 9.92. The molecule has 0 unspecified atom stereocenters. The van der Waals surface area contributed by atoms with Crippen LogP contribution < -0.4 is 10.5 Å². The van der Waals surface area contributed by atoms with Crippen molar-refractivity contribution in [2.45, 2.75) is 38.8 Å². The molecule has 2 atom stereocenters. The molecule has 4 rings (SSSR count). The van der Waals surface area contributed by atoms with Gasteiger partial charge in [0.25, 0.3) is 0 Å². The number of aromatic nitrogens is 2. The predicted octanol–water partition coefficient (Wildman–Crippen LogP) is 4.52. The highest BCUT2D eigenvalue weighted by molar-refractivity contribution is 5.62. The normalized spacial score (nSPS) is 18.2. The van der Waals surface area contributed by atoms with Gasteiger partial charge in [-0.2, -0.15) is 5.10 Å². The second-order valence-electron chi connectivity index (χ2n) is 7.60. The van der Waals surface area contributed by atoms with Crippen molar-refractivity contribution in [3.63, 3.8) is 0 Å². The summed E-state index contributed by atoms with van der Waals surface area (Å²) in [7, 11) is 0. The van der Waals surface area contributed by atoms with Gasteiger partial charge in [0.05, 0.1) is 17.1 Å². The number of para-hydroxylation sites is 2. The van der Waals surface area contributed by atoms with Gasteiger partial charge in [-0.1, -0.05) is 36.4 Å². The summed E-state index contributed by atoms with van der Waals surface area (Å²) >= 11 is 0. The first-order chi connectivity index (χ1) is 14.4. The molecule has 0 aliphatic heterocycles. The van der Waals surface area contributed by atoms with Gasteiger partial charge in [-0.3, -0.25) is 5.21 Å². The third kappa shape index (κ3) is 4.00. The molecular weight excluding hydrogens is 383 g/mol. The fourth-order valence-electron chi connectivity index (χ4n) is 4.15. The number of hydrogen-bond acceptors (Lipinski definition) is 5. The molecule has 0 radical (unpaired) electrons. The summed E-state index contributed by atoms with van der Waals surface area (Å²) in [5, 5.41) is 29.0. The fourth-order valence-corrected chi connectivity index (χ4v) is 4.15. The first kappa shape index (κ1) is 20.3. The third-order valence-electron chi connectivity index (χ3n) is 5.60. The van der Waals surface area contributed by atoms with Gasteiger partial charge in [0.15, 0.2) is 0 Å². The molecule has 3 aromatic rings. The molecule has 0 bridgehead atoms. The van der Waals surface area contributed by atoms with E-state index in [-0.39, 0.29) is 28.7 Å². The summed E-state index contributed by atoms with van der Waals surface area (Å²) in [5.41, 5.74) is 4.69. The zero-order valence-corrected chi connectivity index (χ0v) is 16.9. The number of nitrogens with zero attached hydrogens (tertiary/aromatic N) is 3. The summed E-state index contributed by atoms with van der Waals surface area (Å²) in [4.78, 5) is 0. The largest absolute Gasteiger partial charge is 0.733 e. The van der Waals surface area contributed by atoms with Crippen LogP contribution in [-0.4, -0.2) is 21.0 Å². The maximum Gasteiger partial charge on any atom is 0.123 e. The lowest BCUT2D eigenvalue weighted by molar-refractivity contribution is 0.296. The van der Waals surface area contributed by atoms with Crippen molar-refractivity contribution < 1.29 is 9.60 Å². The lowest BCUT2D eigenvalue weighted by Crippen LogP contribution is -2.25. The summed E-state index contributed by atoms with van der Waals surface area (Å²) in [6.45, 7) is 4.61. The van der Waals surface area contributed by atoms with Crippen LogP contribution in [-0.2, 0) is 6.54 Å². The van der Waals surface area contributed by atoms with Crippen LogP contribution in [0.2, 0.25) is 0 Å². The van der Waals surface area contributed by atoms with Crippen LogP contribution in [0.4, 0.5) is 10.1 Å². The number of rotatable bonds is 6. The van der Waals surface area contributed by atoms with Gasteiger partial charge in [-0.05, 0) is 50.1 Å². The zero-order chi connectivity index (χ0) is 21.3. The number of aryl methyl sites for hydroxylation is 1. The highest BCUT2D eigenvalue weighted by atomic mass is 19.1. The maximum atomic E-state index is 13.1. The Hall–Kier alpha value is -3.00. The number of benzene rings is 2. The summed E-state index contributed by atoms with van der Waals surface area (Å²) < 4.78 is 14.8. The van der Waals surface area contributed by atoms with Crippen LogP contribution in [0.25, 0.3) is 5.69 Å². The number of nitrogens with one attached hydrogen (secondary N) is 1. The minimum absolute atomic E-state index is 0.129. The number of anilines is 1. The van der Waals surface area contributed by atoms with Gasteiger partial charge >= 0.3 is 0 Å². The lowest BCUT2D eigenvalue weighted by Gasteiger charge is -2.24. The lowest BCUT2D eigenvalue weighted by atomic mass is 9.96. The molecule has 2 aromatic carbocycles. The number of hydrogen-bond donors (Lipinski definition) is 2. The SMILES string of the molecule is Cc1nn(-c2ccccc2N([O-])O)c(C)c1[C@H]1C=C[C@@H](NCc2ccc(F)cc2)C1. The molecule has 0 saturated carbocycles. The van der Waals surface area contributed by atoms with Crippen LogP contribution in [0.15, 0.2) is 60.7 Å². The van der Waals surface area contributed by atoms with Crippen molar-refractivity contribution in [1.82, 2.24) is 15.1 Å². The fraction of sp³-hybridized carbons (Fsp3) is 0.261. The predicted molar refractivity (Wildman–Crippen MR) is 114 cm³/mol. The molecule has 0 amide bonds. The number of allylic oxidation sites excluding steroid dienone is 1. The van der Waals surface area contributed by atoms with Crippen LogP contribution in [0, 0.1) is 24.9 Å². The molecule has 0 fully saturated rings. The van der Waals surface area contributed by atoms with E-state index in [9.17, 15) is 14.8 Å². The maximum absolute atomic E-state index is 13.1. The van der Waals surface area contributed by atoms with E-state index in [1.807, 2.05) is 19.9 Å². The van der Waals surface area contributed by atoms with Crippen molar-refractivity contribution in [3.8, 4) is 5.69 Å². The molecule has 1 heterocycles. The summed E-state index contributed by atoms with van der Waals surface area (Å²) in [5.74, 6) is -0.0282. The Labute approximate surface area is 174 Å². The molecule has 30 heavy (non-hydrogen) atoms. The van der Waals surface area contributed by atoms with E-state index in [0.29, 0.717) is 12.2 Å². The van der Waals surface area contributed by atoms with Gasteiger partial charge < -0.3 is 15.8 Å². The van der Waals surface area contributed by atoms with Crippen LogP contribution in [0.1, 0.15) is 34.9 Å². The van der Waals surface area contributed by atoms with Gasteiger partial charge in [0.2, 0.25) is 0 Å². The van der Waals surface area contributed by atoms with Crippen LogP contribution >= 0.6 is 0 Å². The minimum Gasteiger partial charge on any atom is -0.733 e. The van der Waals surface area contributed by atoms with Crippen molar-refractivity contribution in [2.75, 3.05) is 5.23 Å². The van der Waals surface area contributed by atoms with Crippen LogP contribution in [0.5, 0.6) is 0 Å². The monoisotopic (exact) mass is 407 g/mol. The molecule has 2 N–H and O–H groups in total. The smallest absolute Gasteiger partial charge is 0.123 e. The molecule has 0 spiro atoms. The van der Waals surface area contributed by atoms with Gasteiger partial charge in [-0.25, -0.2) is 9.07 Å². The van der Waals surface area contributed by atoms with Crippen LogP contribution in [0.3, 0.4) is 0 Å². The Morgan fingerprint density at radius 2 is 1.90 bits per heavy atom. The Kier molecular flexibility index (Phi) is 5.67. The standard InChI is InChI=1S/C23H24FN4O2/c1-15-23(16(2)27(26-15)21-5-3-4-6-22(21)28(29)30)18-9-12-20(13-18)25-14-17-7-10-19(24)11-8-17/h3-12,18,20,25,29H,13-14H2,1-2H3/q-1/t18-,20+/m0/s1. The third-order valence-corrected chi connectivity index (χ3v) is 5.60. The highest BCUT2D eigenvalue weighted by Crippen LogP contribution is 2.35. The van der Waals surface area contributed by atoms with Crippen molar-refractivity contribution >= 4 is 5.69 Å². The van der Waals surface area contributed by atoms with E-state index in [4.69, 9.17) is 0 Å². The Morgan fingerprint density at radius 3 is 2.63 bits per heavy atom. The van der Waals surface area contributed by atoms with E-state index in [0.717, 1.165) is 28.9 Å². The molecule has 1 aromatic heterocycles. The highest BCUT2D eigenvalue weighted by Gasteiger charge is 2.26. The minimum atomic E-state index is -0.231. The average molecular weight is 407 g/mol. The van der Waals surface area contributed by atoms with Crippen molar-refractivity contribution in [2.24, 2.45) is 0 Å². The zero-order valence-electron chi connectivity index (χ0n) is 16.9. The molecule has 1 aliphatic carbocycles. The molecule has 0 saturated heterocycles. The Bertz CT molecular complexity index is 1060. The summed E-state index contributed by atoms with van der Waals surface area (Å²) in [6.07, 6.45) is 5.23. The van der Waals surface area contributed by atoms with E-state index in [1.165, 1.54) is 12.1 Å². The first-order valence-electron chi connectivity index (χ1n) is 9.92. The molecule has 156 valence electrons.